The lowest BCUT2D eigenvalue weighted by atomic mass is 10.2. The van der Waals surface area contributed by atoms with Crippen LogP contribution in [0.5, 0.6) is 0 Å². The van der Waals surface area contributed by atoms with E-state index in [0.717, 1.165) is 19.3 Å². The van der Waals surface area contributed by atoms with Gasteiger partial charge in [-0.25, -0.2) is 8.42 Å². The van der Waals surface area contributed by atoms with Crippen molar-refractivity contribution in [3.05, 3.63) is 18.2 Å². The van der Waals surface area contributed by atoms with E-state index >= 15 is 0 Å². The summed E-state index contributed by atoms with van der Waals surface area (Å²) in [4.78, 5) is 2.36. The Morgan fingerprint density at radius 3 is 2.90 bits per heavy atom. The second-order valence-corrected chi connectivity index (χ2v) is 7.11. The zero-order valence-corrected chi connectivity index (χ0v) is 12.6. The summed E-state index contributed by atoms with van der Waals surface area (Å²) in [5.41, 5.74) is 6.81. The van der Waals surface area contributed by atoms with Gasteiger partial charge in [0.2, 0.25) is 0 Å². The molecule has 2 rings (SSSR count). The van der Waals surface area contributed by atoms with Gasteiger partial charge in [-0.1, -0.05) is 6.07 Å². The summed E-state index contributed by atoms with van der Waals surface area (Å²) >= 11 is 0. The molecule has 112 valence electrons. The summed E-state index contributed by atoms with van der Waals surface area (Å²) in [5.74, 6) is 0. The first-order valence-corrected chi connectivity index (χ1v) is 8.39. The summed E-state index contributed by atoms with van der Waals surface area (Å²) in [5, 5.41) is 3.17. The number of morpholine rings is 1. The molecule has 1 saturated heterocycles. The van der Waals surface area contributed by atoms with Crippen LogP contribution in [-0.2, 0) is 14.6 Å². The monoisotopic (exact) mass is 299 g/mol. The number of hydrogen-bond acceptors (Lipinski definition) is 6. The normalized spacial score (nSPS) is 20.8. The minimum Gasteiger partial charge on any atom is -0.396 e. The van der Waals surface area contributed by atoms with Crippen molar-refractivity contribution in [2.45, 2.75) is 11.0 Å². The molecule has 1 aliphatic heterocycles. The Bertz CT molecular complexity index is 574. The van der Waals surface area contributed by atoms with Gasteiger partial charge in [0, 0.05) is 25.9 Å². The number of likely N-dealkylation sites (N-methyl/N-ethyl adjacent to an activating group) is 1. The quantitative estimate of drug-likeness (QED) is 0.784. The topological polar surface area (TPSA) is 84.7 Å². The molecule has 1 fully saturated rings. The van der Waals surface area contributed by atoms with Gasteiger partial charge >= 0.3 is 0 Å². The standard InChI is InChI=1S/C13H21N3O3S/c1-16-6-7-19-10(9-16)8-15-11-4-3-5-12(13(11)14)20(2,17)18/h3-5,10,15H,6-9,14H2,1-2H3. The smallest absolute Gasteiger partial charge is 0.177 e. The van der Waals surface area contributed by atoms with E-state index in [9.17, 15) is 8.42 Å². The van der Waals surface area contributed by atoms with Crippen molar-refractivity contribution in [1.29, 1.82) is 0 Å². The van der Waals surface area contributed by atoms with Crippen LogP contribution in [0.2, 0.25) is 0 Å². The second-order valence-electron chi connectivity index (χ2n) is 5.13. The van der Waals surface area contributed by atoms with Gasteiger partial charge in [0.15, 0.2) is 9.84 Å². The van der Waals surface area contributed by atoms with Gasteiger partial charge in [-0.3, -0.25) is 0 Å². The third-order valence-corrected chi connectivity index (χ3v) is 4.48. The van der Waals surface area contributed by atoms with Crippen molar-refractivity contribution >= 4 is 21.2 Å². The Balaban J connectivity index is 2.07. The molecule has 7 heteroatoms. The van der Waals surface area contributed by atoms with Crippen molar-refractivity contribution in [3.63, 3.8) is 0 Å². The van der Waals surface area contributed by atoms with Crippen molar-refractivity contribution in [1.82, 2.24) is 4.90 Å². The van der Waals surface area contributed by atoms with Crippen LogP contribution in [0.1, 0.15) is 0 Å². The highest BCUT2D eigenvalue weighted by molar-refractivity contribution is 7.90. The van der Waals surface area contributed by atoms with E-state index in [0.29, 0.717) is 18.8 Å². The van der Waals surface area contributed by atoms with E-state index in [-0.39, 0.29) is 16.7 Å². The Morgan fingerprint density at radius 2 is 2.25 bits per heavy atom. The molecule has 0 aliphatic carbocycles. The maximum Gasteiger partial charge on any atom is 0.177 e. The predicted molar refractivity (Wildman–Crippen MR) is 79.7 cm³/mol. The van der Waals surface area contributed by atoms with Gasteiger partial charge in [0.1, 0.15) is 0 Å². The van der Waals surface area contributed by atoms with E-state index in [1.807, 2.05) is 7.05 Å². The minimum atomic E-state index is -3.31. The fraction of sp³-hybridized carbons (Fsp3) is 0.538. The SMILES string of the molecule is CN1CCOC(CNc2cccc(S(C)(=O)=O)c2N)C1. The molecule has 3 N–H and O–H groups in total. The van der Waals surface area contributed by atoms with Crippen LogP contribution in [0.25, 0.3) is 0 Å². The average Bonchev–Trinajstić information content (AvgIpc) is 2.36. The molecule has 0 aromatic heterocycles. The molecule has 0 saturated carbocycles. The molecule has 1 aromatic carbocycles. The molecule has 1 heterocycles. The average molecular weight is 299 g/mol. The molecule has 1 aliphatic rings. The highest BCUT2D eigenvalue weighted by Crippen LogP contribution is 2.26. The van der Waals surface area contributed by atoms with Crippen LogP contribution < -0.4 is 11.1 Å². The van der Waals surface area contributed by atoms with Gasteiger partial charge in [-0.15, -0.1) is 0 Å². The number of nitrogens with one attached hydrogen (secondary N) is 1. The molecule has 1 aromatic rings. The number of hydrogen-bond donors (Lipinski definition) is 2. The fourth-order valence-corrected chi connectivity index (χ4v) is 3.07. The number of benzene rings is 1. The fourth-order valence-electron chi connectivity index (χ4n) is 2.24. The summed E-state index contributed by atoms with van der Waals surface area (Å²) in [6.45, 7) is 3.09. The van der Waals surface area contributed by atoms with Gasteiger partial charge in [0.25, 0.3) is 0 Å². The Hall–Kier alpha value is -1.31. The molecule has 0 amide bonds. The van der Waals surface area contributed by atoms with Gasteiger partial charge < -0.3 is 20.7 Å². The minimum absolute atomic E-state index is 0.0787. The Morgan fingerprint density at radius 1 is 1.50 bits per heavy atom. The Kier molecular flexibility index (Phi) is 4.52. The first kappa shape index (κ1) is 15.1. The third kappa shape index (κ3) is 3.62. The number of rotatable bonds is 4. The van der Waals surface area contributed by atoms with Crippen molar-refractivity contribution in [2.24, 2.45) is 0 Å². The van der Waals surface area contributed by atoms with E-state index in [2.05, 4.69) is 10.2 Å². The van der Waals surface area contributed by atoms with Gasteiger partial charge in [0.05, 0.1) is 29.0 Å². The number of nitrogen functional groups attached to an aromatic ring is 1. The van der Waals surface area contributed by atoms with Crippen LogP contribution in [0.3, 0.4) is 0 Å². The first-order valence-electron chi connectivity index (χ1n) is 6.50. The van der Waals surface area contributed by atoms with E-state index in [1.165, 1.54) is 6.07 Å². The maximum absolute atomic E-state index is 11.6. The summed E-state index contributed by atoms with van der Waals surface area (Å²) in [7, 11) is -1.26. The molecular weight excluding hydrogens is 278 g/mol. The number of anilines is 2. The molecule has 0 radical (unpaired) electrons. The van der Waals surface area contributed by atoms with Gasteiger partial charge in [-0.2, -0.15) is 0 Å². The summed E-state index contributed by atoms with van der Waals surface area (Å²) in [6, 6.07) is 4.97. The number of para-hydroxylation sites is 1. The first-order chi connectivity index (χ1) is 9.38. The van der Waals surface area contributed by atoms with Crippen LogP contribution in [0, 0.1) is 0 Å². The molecule has 1 unspecified atom stereocenters. The van der Waals surface area contributed by atoms with E-state index < -0.39 is 9.84 Å². The zero-order chi connectivity index (χ0) is 14.8. The van der Waals surface area contributed by atoms with Crippen LogP contribution in [0.4, 0.5) is 11.4 Å². The van der Waals surface area contributed by atoms with E-state index in [1.54, 1.807) is 12.1 Å². The molecule has 20 heavy (non-hydrogen) atoms. The Labute approximate surface area is 119 Å². The lowest BCUT2D eigenvalue weighted by Crippen LogP contribution is -2.43. The summed E-state index contributed by atoms with van der Waals surface area (Å²) < 4.78 is 28.9. The van der Waals surface area contributed by atoms with Crippen molar-refractivity contribution in [3.8, 4) is 0 Å². The second kappa shape index (κ2) is 5.99. The molecule has 0 bridgehead atoms. The van der Waals surface area contributed by atoms with E-state index in [4.69, 9.17) is 10.5 Å². The third-order valence-electron chi connectivity index (χ3n) is 3.33. The number of sulfone groups is 1. The van der Waals surface area contributed by atoms with Crippen molar-refractivity contribution < 1.29 is 13.2 Å². The summed E-state index contributed by atoms with van der Waals surface area (Å²) in [6.07, 6.45) is 1.23. The molecule has 6 nitrogen and oxygen atoms in total. The largest absolute Gasteiger partial charge is 0.396 e. The number of ether oxygens (including phenoxy) is 1. The predicted octanol–water partition coefficient (Wildman–Crippen LogP) is 0.415. The lowest BCUT2D eigenvalue weighted by Gasteiger charge is -2.30. The van der Waals surface area contributed by atoms with Crippen LogP contribution >= 0.6 is 0 Å². The van der Waals surface area contributed by atoms with Crippen molar-refractivity contribution in [2.75, 3.05) is 50.6 Å². The molecule has 1 atom stereocenters. The maximum atomic E-state index is 11.6. The molecule has 0 spiro atoms. The number of nitrogens with zero attached hydrogens (tertiary/aromatic N) is 1. The van der Waals surface area contributed by atoms with Crippen LogP contribution in [0.15, 0.2) is 23.1 Å². The lowest BCUT2D eigenvalue weighted by molar-refractivity contribution is -0.0117. The number of nitrogens with two attached hydrogens (primary N) is 1. The highest BCUT2D eigenvalue weighted by atomic mass is 32.2. The molecular formula is C13H21N3O3S. The highest BCUT2D eigenvalue weighted by Gasteiger charge is 2.19. The van der Waals surface area contributed by atoms with Gasteiger partial charge in [-0.05, 0) is 19.2 Å². The zero-order valence-electron chi connectivity index (χ0n) is 11.8. The van der Waals surface area contributed by atoms with Crippen LogP contribution in [-0.4, -0.2) is 59.0 Å².